The minimum absolute atomic E-state index is 0.0156. The zero-order valence-corrected chi connectivity index (χ0v) is 24.6. The van der Waals surface area contributed by atoms with Crippen molar-refractivity contribution in [2.75, 3.05) is 26.4 Å². The summed E-state index contributed by atoms with van der Waals surface area (Å²) in [5.74, 6) is 2.27. The highest BCUT2D eigenvalue weighted by Crippen LogP contribution is 2.36. The molecule has 3 fully saturated rings. The van der Waals surface area contributed by atoms with Gasteiger partial charge in [-0.25, -0.2) is 19.7 Å². The van der Waals surface area contributed by atoms with Crippen LogP contribution in [0.25, 0.3) is 22.0 Å². The lowest BCUT2D eigenvalue weighted by molar-refractivity contribution is 0.0836. The summed E-state index contributed by atoms with van der Waals surface area (Å²) in [6.45, 7) is 4.58. The second-order valence-electron chi connectivity index (χ2n) is 11.4. The second-order valence-corrected chi connectivity index (χ2v) is 11.9. The molecule has 11 heteroatoms. The van der Waals surface area contributed by atoms with Crippen LogP contribution in [0.4, 0.5) is 4.79 Å². The lowest BCUT2D eigenvalue weighted by Gasteiger charge is -2.33. The van der Waals surface area contributed by atoms with Crippen molar-refractivity contribution >= 4 is 28.6 Å². The Hall–Kier alpha value is -4.02. The van der Waals surface area contributed by atoms with E-state index in [1.807, 2.05) is 49.6 Å². The molecule has 2 atom stereocenters. The van der Waals surface area contributed by atoms with Crippen molar-refractivity contribution in [3.63, 3.8) is 0 Å². The van der Waals surface area contributed by atoms with Crippen LogP contribution in [-0.2, 0) is 16.0 Å². The molecule has 3 aliphatic rings. The first kappa shape index (κ1) is 27.8. The average molecular weight is 602 g/mol. The smallest absolute Gasteiger partial charge is 0.410 e. The number of carbonyl (C=O) groups is 1. The molecule has 3 saturated heterocycles. The number of piperidine rings is 1. The summed E-state index contributed by atoms with van der Waals surface area (Å²) in [4.78, 5) is 41.9. The van der Waals surface area contributed by atoms with Crippen LogP contribution in [0.5, 0.6) is 5.75 Å². The molecular weight excluding hydrogens is 570 g/mol. The fraction of sp³-hybridized carbons (Fsp3) is 0.406. The molecule has 0 radical (unpaired) electrons. The number of halogens is 1. The minimum Gasteiger partial charge on any atom is -0.490 e. The van der Waals surface area contributed by atoms with E-state index in [1.54, 1.807) is 15.5 Å². The molecule has 222 valence electrons. The summed E-state index contributed by atoms with van der Waals surface area (Å²) >= 11 is 6.07. The van der Waals surface area contributed by atoms with Crippen LogP contribution in [0.2, 0.25) is 5.02 Å². The normalized spacial score (nSPS) is 20.7. The lowest BCUT2D eigenvalue weighted by Crippen LogP contribution is -2.44. The molecule has 0 saturated carbocycles. The number of amides is 1. The van der Waals surface area contributed by atoms with Gasteiger partial charge in [0.05, 0.1) is 23.5 Å². The average Bonchev–Trinajstić information content (AvgIpc) is 3.40. The van der Waals surface area contributed by atoms with Gasteiger partial charge in [0.15, 0.2) is 0 Å². The topological polar surface area (TPSA) is 109 Å². The van der Waals surface area contributed by atoms with Crippen molar-refractivity contribution in [1.82, 2.24) is 24.4 Å². The number of ether oxygens (including phenoxy) is 3. The summed E-state index contributed by atoms with van der Waals surface area (Å²) in [7, 11) is 0. The van der Waals surface area contributed by atoms with E-state index in [-0.39, 0.29) is 29.7 Å². The zero-order chi connectivity index (χ0) is 29.5. The highest BCUT2D eigenvalue weighted by Gasteiger charge is 2.39. The maximum absolute atomic E-state index is 13.9. The van der Waals surface area contributed by atoms with Gasteiger partial charge in [0.25, 0.3) is 5.56 Å². The van der Waals surface area contributed by atoms with E-state index in [0.717, 1.165) is 48.6 Å². The predicted octanol–water partition coefficient (Wildman–Crippen LogP) is 5.12. The summed E-state index contributed by atoms with van der Waals surface area (Å²) in [5.41, 5.74) is 2.94. The first-order valence-corrected chi connectivity index (χ1v) is 15.1. The van der Waals surface area contributed by atoms with Crippen LogP contribution in [0, 0.1) is 6.92 Å². The van der Waals surface area contributed by atoms with Gasteiger partial charge in [-0.15, -0.1) is 0 Å². The van der Waals surface area contributed by atoms with Crippen LogP contribution in [0.1, 0.15) is 48.8 Å². The van der Waals surface area contributed by atoms with Crippen molar-refractivity contribution in [1.29, 1.82) is 0 Å². The van der Waals surface area contributed by atoms with Gasteiger partial charge >= 0.3 is 6.09 Å². The summed E-state index contributed by atoms with van der Waals surface area (Å²) in [6.07, 6.45) is 6.36. The Kier molecular flexibility index (Phi) is 7.48. The molecule has 5 heterocycles. The molecule has 0 aliphatic carbocycles. The monoisotopic (exact) mass is 601 g/mol. The first-order chi connectivity index (χ1) is 20.9. The van der Waals surface area contributed by atoms with Crippen molar-refractivity contribution in [3.8, 4) is 16.9 Å². The van der Waals surface area contributed by atoms with Gasteiger partial charge in [0.2, 0.25) is 0 Å². The lowest BCUT2D eigenvalue weighted by atomic mass is 9.99. The van der Waals surface area contributed by atoms with Crippen LogP contribution in [-0.4, -0.2) is 69.0 Å². The molecule has 4 aromatic rings. The maximum atomic E-state index is 13.9. The predicted molar refractivity (Wildman–Crippen MR) is 161 cm³/mol. The molecule has 43 heavy (non-hydrogen) atoms. The molecular formula is C32H32ClN5O5. The van der Waals surface area contributed by atoms with Crippen LogP contribution in [0.15, 0.2) is 53.6 Å². The van der Waals surface area contributed by atoms with Crippen LogP contribution < -0.4 is 10.3 Å². The quantitative estimate of drug-likeness (QED) is 0.300. The van der Waals surface area contributed by atoms with Crippen molar-refractivity contribution < 1.29 is 19.0 Å². The minimum atomic E-state index is -0.265. The summed E-state index contributed by atoms with van der Waals surface area (Å²) in [5, 5.41) is 1.11. The third-order valence-electron chi connectivity index (χ3n) is 8.66. The third-order valence-corrected chi connectivity index (χ3v) is 8.92. The van der Waals surface area contributed by atoms with Gasteiger partial charge in [0.1, 0.15) is 30.1 Å². The van der Waals surface area contributed by atoms with Crippen LogP contribution >= 0.6 is 11.6 Å². The van der Waals surface area contributed by atoms with Gasteiger partial charge in [-0.05, 0) is 49.6 Å². The van der Waals surface area contributed by atoms with Crippen molar-refractivity contribution in [2.24, 2.45) is 0 Å². The molecule has 1 amide bonds. The van der Waals surface area contributed by atoms with E-state index < -0.39 is 0 Å². The Morgan fingerprint density at radius 2 is 1.81 bits per heavy atom. The molecule has 0 bridgehead atoms. The Morgan fingerprint density at radius 1 is 1.05 bits per heavy atom. The van der Waals surface area contributed by atoms with Gasteiger partial charge in [-0.3, -0.25) is 9.36 Å². The number of aromatic nitrogens is 4. The van der Waals surface area contributed by atoms with Gasteiger partial charge in [0, 0.05) is 67.1 Å². The molecule has 0 unspecified atom stereocenters. The van der Waals surface area contributed by atoms with E-state index in [9.17, 15) is 9.59 Å². The SMILES string of the molecule is Cc1nc2cc(-c3cnc(C4CCOCC4)nc3)c(O[C@H]3CCN4C(=O)OC[C@@H]4C3)cc2c(=O)n1Cc1ccc(Cl)cc1. The van der Waals surface area contributed by atoms with E-state index in [0.29, 0.717) is 60.0 Å². The first-order valence-electron chi connectivity index (χ1n) is 14.7. The van der Waals surface area contributed by atoms with E-state index >= 15 is 0 Å². The number of benzene rings is 2. The molecule has 0 spiro atoms. The number of carbonyl (C=O) groups excluding carboxylic acids is 1. The van der Waals surface area contributed by atoms with Crippen molar-refractivity contribution in [3.05, 3.63) is 81.4 Å². The number of cyclic esters (lactones) is 1. The third kappa shape index (κ3) is 5.57. The summed E-state index contributed by atoms with van der Waals surface area (Å²) < 4.78 is 19.1. The largest absolute Gasteiger partial charge is 0.490 e. The van der Waals surface area contributed by atoms with E-state index in [4.69, 9.17) is 40.8 Å². The molecule has 7 rings (SSSR count). The number of aryl methyl sites for hydroxylation is 1. The number of hydrogen-bond acceptors (Lipinski definition) is 8. The van der Waals surface area contributed by atoms with E-state index in [1.165, 1.54) is 0 Å². The Morgan fingerprint density at radius 3 is 2.58 bits per heavy atom. The van der Waals surface area contributed by atoms with E-state index in [2.05, 4.69) is 0 Å². The maximum Gasteiger partial charge on any atom is 0.410 e. The Bertz CT molecular complexity index is 1720. The second kappa shape index (κ2) is 11.6. The fourth-order valence-corrected chi connectivity index (χ4v) is 6.36. The number of rotatable bonds is 6. The standard InChI is InChI=1S/C32H32ClN5O5/c1-19-36-28-13-26(22-15-34-30(35-16-22)21-7-10-41-11-8-21)29(43-25-6-9-37-24(12-25)18-42-32(37)40)14-27(28)31(39)38(19)17-20-2-4-23(33)5-3-20/h2-5,13-16,21,24-25H,6-12,17-18H2,1H3/t24-,25-/m0/s1. The molecule has 2 aromatic carbocycles. The van der Waals surface area contributed by atoms with Gasteiger partial charge in [-0.2, -0.15) is 0 Å². The number of hydrogen-bond donors (Lipinski definition) is 0. The Labute approximate surface area is 253 Å². The van der Waals surface area contributed by atoms with Gasteiger partial charge in [-0.1, -0.05) is 23.7 Å². The molecule has 10 nitrogen and oxygen atoms in total. The van der Waals surface area contributed by atoms with Crippen molar-refractivity contribution in [2.45, 2.75) is 57.2 Å². The summed E-state index contributed by atoms with van der Waals surface area (Å²) in [6, 6.07) is 11.1. The van der Waals surface area contributed by atoms with Gasteiger partial charge < -0.3 is 19.1 Å². The fourth-order valence-electron chi connectivity index (χ4n) is 6.23. The highest BCUT2D eigenvalue weighted by atomic mass is 35.5. The van der Waals surface area contributed by atoms with Crippen LogP contribution in [0.3, 0.4) is 0 Å². The Balaban J connectivity index is 1.27. The number of nitrogens with zero attached hydrogens (tertiary/aromatic N) is 5. The highest BCUT2D eigenvalue weighted by molar-refractivity contribution is 6.30. The number of fused-ring (bicyclic) bond motifs is 2. The molecule has 2 aromatic heterocycles. The molecule has 0 N–H and O–H groups in total. The zero-order valence-electron chi connectivity index (χ0n) is 23.9. The molecule has 3 aliphatic heterocycles.